The molecule has 1 aromatic carbocycles. The summed E-state index contributed by atoms with van der Waals surface area (Å²) in [6.07, 6.45) is 6.48. The van der Waals surface area contributed by atoms with Crippen molar-refractivity contribution in [3.05, 3.63) is 29.8 Å². The summed E-state index contributed by atoms with van der Waals surface area (Å²) in [5.74, 6) is 0.120. The Morgan fingerprint density at radius 1 is 1.17 bits per heavy atom. The zero-order chi connectivity index (χ0) is 13.2. The van der Waals surface area contributed by atoms with E-state index < -0.39 is 0 Å². The van der Waals surface area contributed by atoms with Gasteiger partial charge in [0.25, 0.3) is 0 Å². The van der Waals surface area contributed by atoms with Gasteiger partial charge in [0.05, 0.1) is 0 Å². The largest absolute Gasteiger partial charge is 0.398 e. The molecule has 0 aliphatic heterocycles. The molecule has 0 fully saturated rings. The summed E-state index contributed by atoms with van der Waals surface area (Å²) in [7, 11) is 0. The van der Waals surface area contributed by atoms with Gasteiger partial charge in [-0.1, -0.05) is 50.8 Å². The summed E-state index contributed by atoms with van der Waals surface area (Å²) in [5, 5.41) is 2.91. The van der Waals surface area contributed by atoms with E-state index in [2.05, 4.69) is 12.2 Å². The van der Waals surface area contributed by atoms with Gasteiger partial charge in [-0.15, -0.1) is 0 Å². The zero-order valence-corrected chi connectivity index (χ0v) is 11.2. The Kier molecular flexibility index (Phi) is 6.92. The van der Waals surface area contributed by atoms with E-state index in [-0.39, 0.29) is 5.91 Å². The molecule has 0 aromatic heterocycles. The molecular weight excluding hydrogens is 224 g/mol. The lowest BCUT2D eigenvalue weighted by molar-refractivity contribution is -0.121. The lowest BCUT2D eigenvalue weighted by Crippen LogP contribution is -2.22. The zero-order valence-electron chi connectivity index (χ0n) is 11.2. The fraction of sp³-hybridized carbons (Fsp3) is 0.533. The minimum absolute atomic E-state index is 0.120. The van der Waals surface area contributed by atoms with Gasteiger partial charge in [0.2, 0.25) is 5.91 Å². The van der Waals surface area contributed by atoms with Crippen molar-refractivity contribution in [3.63, 3.8) is 0 Å². The van der Waals surface area contributed by atoms with E-state index >= 15 is 0 Å². The Hall–Kier alpha value is -1.51. The highest BCUT2D eigenvalue weighted by Gasteiger charge is 2.02. The molecule has 0 saturated carbocycles. The Labute approximate surface area is 110 Å². The summed E-state index contributed by atoms with van der Waals surface area (Å²) in [6.45, 7) is 2.72. The molecule has 0 bridgehead atoms. The first kappa shape index (κ1) is 14.6. The molecule has 1 amide bonds. The third kappa shape index (κ3) is 5.71. The summed E-state index contributed by atoms with van der Waals surface area (Å²) >= 11 is 0. The number of para-hydroxylation sites is 1. The van der Waals surface area contributed by atoms with Crippen LogP contribution in [0.2, 0.25) is 0 Å². The highest BCUT2D eigenvalue weighted by molar-refractivity contribution is 5.76. The van der Waals surface area contributed by atoms with E-state index in [0.29, 0.717) is 13.0 Å². The number of nitrogens with two attached hydrogens (primary N) is 1. The SMILES string of the molecule is CCCCCCCC(=O)NCc1ccccc1N. The first-order chi connectivity index (χ1) is 8.74. The quantitative estimate of drug-likeness (QED) is 0.548. The van der Waals surface area contributed by atoms with Crippen molar-refractivity contribution < 1.29 is 4.79 Å². The molecule has 0 atom stereocenters. The van der Waals surface area contributed by atoms with Crippen molar-refractivity contribution in [2.75, 3.05) is 5.73 Å². The van der Waals surface area contributed by atoms with E-state index in [1.165, 1.54) is 19.3 Å². The van der Waals surface area contributed by atoms with E-state index in [9.17, 15) is 4.79 Å². The van der Waals surface area contributed by atoms with Gasteiger partial charge >= 0.3 is 0 Å². The first-order valence-electron chi connectivity index (χ1n) is 6.84. The topological polar surface area (TPSA) is 55.1 Å². The molecule has 0 unspecified atom stereocenters. The Morgan fingerprint density at radius 2 is 1.89 bits per heavy atom. The first-order valence-corrected chi connectivity index (χ1v) is 6.84. The number of carbonyl (C=O) groups excluding carboxylic acids is 1. The number of benzene rings is 1. The van der Waals surface area contributed by atoms with E-state index in [4.69, 9.17) is 5.73 Å². The number of hydrogen-bond acceptors (Lipinski definition) is 2. The van der Waals surface area contributed by atoms with Crippen LogP contribution in [-0.4, -0.2) is 5.91 Å². The van der Waals surface area contributed by atoms with Crippen molar-refractivity contribution >= 4 is 11.6 Å². The molecule has 100 valence electrons. The molecule has 18 heavy (non-hydrogen) atoms. The van der Waals surface area contributed by atoms with Crippen LogP contribution in [0.3, 0.4) is 0 Å². The smallest absolute Gasteiger partial charge is 0.220 e. The van der Waals surface area contributed by atoms with Crippen LogP contribution < -0.4 is 11.1 Å². The highest BCUT2D eigenvalue weighted by Crippen LogP contribution is 2.10. The number of nitrogen functional groups attached to an aromatic ring is 1. The van der Waals surface area contributed by atoms with E-state index in [1.807, 2.05) is 24.3 Å². The molecule has 0 aliphatic rings. The third-order valence-electron chi connectivity index (χ3n) is 3.04. The Bertz CT molecular complexity index is 363. The van der Waals surface area contributed by atoms with Crippen LogP contribution in [0.5, 0.6) is 0 Å². The lowest BCUT2D eigenvalue weighted by atomic mass is 10.1. The van der Waals surface area contributed by atoms with Crippen LogP contribution in [0.4, 0.5) is 5.69 Å². The second-order valence-corrected chi connectivity index (χ2v) is 4.64. The van der Waals surface area contributed by atoms with Crippen LogP contribution in [0, 0.1) is 0 Å². The molecule has 1 rings (SSSR count). The molecular formula is C15H24N2O. The second-order valence-electron chi connectivity index (χ2n) is 4.64. The average molecular weight is 248 g/mol. The van der Waals surface area contributed by atoms with Crippen LogP contribution in [-0.2, 0) is 11.3 Å². The van der Waals surface area contributed by atoms with Gasteiger partial charge in [-0.05, 0) is 18.1 Å². The third-order valence-corrected chi connectivity index (χ3v) is 3.04. The minimum Gasteiger partial charge on any atom is -0.398 e. The number of hydrogen-bond donors (Lipinski definition) is 2. The number of anilines is 1. The number of nitrogens with one attached hydrogen (secondary N) is 1. The van der Waals surface area contributed by atoms with Crippen molar-refractivity contribution in [1.29, 1.82) is 0 Å². The maximum atomic E-state index is 11.6. The summed E-state index contributed by atoms with van der Waals surface area (Å²) in [4.78, 5) is 11.6. The predicted molar refractivity (Wildman–Crippen MR) is 76.1 cm³/mol. The summed E-state index contributed by atoms with van der Waals surface area (Å²) in [5.41, 5.74) is 7.53. The van der Waals surface area contributed by atoms with Crippen LogP contribution in [0.1, 0.15) is 51.0 Å². The molecule has 0 spiro atoms. The molecule has 1 aromatic rings. The van der Waals surface area contributed by atoms with Gasteiger partial charge in [0.1, 0.15) is 0 Å². The standard InChI is InChI=1S/C15H24N2O/c1-2-3-4-5-6-11-15(18)17-12-13-9-7-8-10-14(13)16/h7-10H,2-6,11-12,16H2,1H3,(H,17,18). The van der Waals surface area contributed by atoms with E-state index in [0.717, 1.165) is 24.1 Å². The summed E-state index contributed by atoms with van der Waals surface area (Å²) in [6, 6.07) is 7.63. The monoisotopic (exact) mass is 248 g/mol. The Balaban J connectivity index is 2.15. The maximum Gasteiger partial charge on any atom is 0.220 e. The van der Waals surface area contributed by atoms with Crippen molar-refractivity contribution in [1.82, 2.24) is 5.32 Å². The normalized spacial score (nSPS) is 10.3. The molecule has 0 radical (unpaired) electrons. The molecule has 3 nitrogen and oxygen atoms in total. The second kappa shape index (κ2) is 8.56. The van der Waals surface area contributed by atoms with Crippen molar-refractivity contribution in [2.45, 2.75) is 52.0 Å². The fourth-order valence-electron chi connectivity index (χ4n) is 1.87. The van der Waals surface area contributed by atoms with Crippen molar-refractivity contribution in [2.24, 2.45) is 0 Å². The molecule has 0 aliphatic carbocycles. The molecule has 0 saturated heterocycles. The van der Waals surface area contributed by atoms with Crippen LogP contribution in [0.25, 0.3) is 0 Å². The van der Waals surface area contributed by atoms with E-state index in [1.54, 1.807) is 0 Å². The van der Waals surface area contributed by atoms with Gasteiger partial charge in [-0.2, -0.15) is 0 Å². The van der Waals surface area contributed by atoms with Crippen LogP contribution >= 0.6 is 0 Å². The number of carbonyl (C=O) groups is 1. The van der Waals surface area contributed by atoms with Gasteiger partial charge in [-0.25, -0.2) is 0 Å². The van der Waals surface area contributed by atoms with Crippen LogP contribution in [0.15, 0.2) is 24.3 Å². The minimum atomic E-state index is 0.120. The molecule has 3 N–H and O–H groups in total. The lowest BCUT2D eigenvalue weighted by Gasteiger charge is -2.07. The van der Waals surface area contributed by atoms with Gasteiger partial charge in [-0.3, -0.25) is 4.79 Å². The Morgan fingerprint density at radius 3 is 2.61 bits per heavy atom. The van der Waals surface area contributed by atoms with Crippen molar-refractivity contribution in [3.8, 4) is 0 Å². The molecule has 0 heterocycles. The summed E-state index contributed by atoms with van der Waals surface area (Å²) < 4.78 is 0. The van der Waals surface area contributed by atoms with Gasteiger partial charge in [0.15, 0.2) is 0 Å². The average Bonchev–Trinajstić information content (AvgIpc) is 2.37. The number of unbranched alkanes of at least 4 members (excludes halogenated alkanes) is 4. The fourth-order valence-corrected chi connectivity index (χ4v) is 1.87. The maximum absolute atomic E-state index is 11.6. The predicted octanol–water partition coefficient (Wildman–Crippen LogP) is 3.25. The highest BCUT2D eigenvalue weighted by atomic mass is 16.1. The number of amides is 1. The molecule has 3 heteroatoms. The number of rotatable bonds is 8. The van der Waals surface area contributed by atoms with Gasteiger partial charge < -0.3 is 11.1 Å². The van der Waals surface area contributed by atoms with Gasteiger partial charge in [0, 0.05) is 18.7 Å².